The Labute approximate surface area is 93.7 Å². The topological polar surface area (TPSA) is 64.3 Å². The molecule has 0 aromatic heterocycles. The molecular weight excluding hydrogens is 208 g/mol. The lowest BCUT2D eigenvalue weighted by Crippen LogP contribution is -2.49. The molecule has 0 heterocycles. The number of hydrazine groups is 1. The fourth-order valence-electron chi connectivity index (χ4n) is 0.948. The van der Waals surface area contributed by atoms with Crippen LogP contribution in [0.5, 0.6) is 0 Å². The van der Waals surface area contributed by atoms with E-state index in [1.54, 1.807) is 0 Å². The van der Waals surface area contributed by atoms with Gasteiger partial charge in [0.15, 0.2) is 8.32 Å². The first-order valence-corrected chi connectivity index (χ1v) is 8.24. The summed E-state index contributed by atoms with van der Waals surface area (Å²) in [4.78, 5) is 11.4. The first-order chi connectivity index (χ1) is 6.65. The van der Waals surface area contributed by atoms with Crippen LogP contribution in [0, 0.1) is 0 Å². The highest BCUT2D eigenvalue weighted by atomic mass is 28.4. The molecule has 1 amide bonds. The van der Waals surface area contributed by atoms with Crippen LogP contribution in [0.15, 0.2) is 0 Å². The third-order valence-corrected chi connectivity index (χ3v) is 7.53. The van der Waals surface area contributed by atoms with Crippen molar-refractivity contribution < 1.29 is 9.22 Å². The summed E-state index contributed by atoms with van der Waals surface area (Å²) in [7, 11) is -1.88. The van der Waals surface area contributed by atoms with Crippen molar-refractivity contribution in [3.8, 4) is 0 Å². The normalized spacial score (nSPS) is 14.9. The zero-order valence-corrected chi connectivity index (χ0v) is 11.7. The lowest BCUT2D eigenvalue weighted by molar-refractivity contribution is -0.128. The number of rotatable bonds is 4. The van der Waals surface area contributed by atoms with Crippen LogP contribution in [0.25, 0.3) is 0 Å². The first kappa shape index (κ1) is 14.6. The molecule has 0 aromatic rings. The van der Waals surface area contributed by atoms with Gasteiger partial charge in [-0.1, -0.05) is 27.7 Å². The van der Waals surface area contributed by atoms with Crippen molar-refractivity contribution in [3.63, 3.8) is 0 Å². The fourth-order valence-corrected chi connectivity index (χ4v) is 2.29. The van der Waals surface area contributed by atoms with Gasteiger partial charge in [0.2, 0.25) is 0 Å². The Hall–Kier alpha value is -0.393. The van der Waals surface area contributed by atoms with Gasteiger partial charge >= 0.3 is 0 Å². The average Bonchev–Trinajstić information content (AvgIpc) is 2.11. The molecule has 0 aromatic carbocycles. The molecule has 1 unspecified atom stereocenters. The van der Waals surface area contributed by atoms with E-state index in [0.717, 1.165) is 0 Å². The molecule has 0 bridgehead atoms. The lowest BCUT2D eigenvalue weighted by Gasteiger charge is -2.38. The van der Waals surface area contributed by atoms with E-state index in [1.807, 2.05) is 6.92 Å². The molecule has 90 valence electrons. The monoisotopic (exact) mass is 232 g/mol. The molecule has 5 heteroatoms. The fraction of sp³-hybridized carbons (Fsp3) is 0.900. The molecule has 0 radical (unpaired) electrons. The Kier molecular flexibility index (Phi) is 4.96. The number of amides is 1. The summed E-state index contributed by atoms with van der Waals surface area (Å²) in [5.41, 5.74) is 2.15. The second-order valence-electron chi connectivity index (χ2n) is 5.28. The van der Waals surface area contributed by atoms with Crippen molar-refractivity contribution in [2.24, 2.45) is 5.84 Å². The summed E-state index contributed by atoms with van der Waals surface area (Å²) < 4.78 is 5.95. The summed E-state index contributed by atoms with van der Waals surface area (Å²) in [6.45, 7) is 12.6. The molecule has 3 N–H and O–H groups in total. The highest BCUT2D eigenvalue weighted by molar-refractivity contribution is 6.74. The standard InChI is InChI=1S/C10H24N2O2Si/c1-7-8(9(13)12-11)14-15(5,6)10(2,3)4/h8H,7,11H2,1-6H3,(H,12,13). The van der Waals surface area contributed by atoms with Crippen molar-refractivity contribution >= 4 is 14.2 Å². The Morgan fingerprint density at radius 1 is 1.47 bits per heavy atom. The predicted octanol–water partition coefficient (Wildman–Crippen LogP) is 1.78. The minimum absolute atomic E-state index is 0.106. The number of hydrogen-bond donors (Lipinski definition) is 2. The Bertz CT molecular complexity index is 224. The molecular formula is C10H24N2O2Si. The number of carbonyl (C=O) groups is 1. The second kappa shape index (κ2) is 5.09. The molecule has 0 aliphatic rings. The van der Waals surface area contributed by atoms with E-state index in [-0.39, 0.29) is 10.9 Å². The molecule has 0 saturated carbocycles. The molecule has 0 aliphatic heterocycles. The van der Waals surface area contributed by atoms with Crippen LogP contribution in [0.2, 0.25) is 18.1 Å². The van der Waals surface area contributed by atoms with Gasteiger partial charge in [0, 0.05) is 0 Å². The molecule has 0 spiro atoms. The van der Waals surface area contributed by atoms with Crippen LogP contribution >= 0.6 is 0 Å². The van der Waals surface area contributed by atoms with Crippen molar-refractivity contribution in [2.45, 2.75) is 58.4 Å². The number of hydrogen-bond acceptors (Lipinski definition) is 3. The summed E-state index contributed by atoms with van der Waals surface area (Å²) in [5, 5.41) is 0.106. The van der Waals surface area contributed by atoms with E-state index in [0.29, 0.717) is 6.42 Å². The smallest absolute Gasteiger partial charge is 0.261 e. The molecule has 15 heavy (non-hydrogen) atoms. The molecule has 0 rings (SSSR count). The van der Waals surface area contributed by atoms with Crippen molar-refractivity contribution in [1.82, 2.24) is 5.43 Å². The van der Waals surface area contributed by atoms with Crippen molar-refractivity contribution in [2.75, 3.05) is 0 Å². The largest absolute Gasteiger partial charge is 0.405 e. The molecule has 0 aliphatic carbocycles. The Morgan fingerprint density at radius 2 is 1.93 bits per heavy atom. The molecule has 0 saturated heterocycles. The summed E-state index contributed by atoms with van der Waals surface area (Å²) >= 11 is 0. The van der Waals surface area contributed by atoms with Crippen LogP contribution in [-0.2, 0) is 9.22 Å². The van der Waals surface area contributed by atoms with Crippen LogP contribution < -0.4 is 11.3 Å². The van der Waals surface area contributed by atoms with Gasteiger partial charge in [-0.2, -0.15) is 0 Å². The molecule has 0 fully saturated rings. The van der Waals surface area contributed by atoms with E-state index in [4.69, 9.17) is 10.3 Å². The highest BCUT2D eigenvalue weighted by Crippen LogP contribution is 2.37. The van der Waals surface area contributed by atoms with Gasteiger partial charge in [-0.05, 0) is 24.6 Å². The summed E-state index contributed by atoms with van der Waals surface area (Å²) in [6.07, 6.45) is 0.228. The third kappa shape index (κ3) is 3.93. The second-order valence-corrected chi connectivity index (χ2v) is 10.0. The maximum atomic E-state index is 11.4. The first-order valence-electron chi connectivity index (χ1n) is 5.34. The van der Waals surface area contributed by atoms with Gasteiger partial charge in [-0.25, -0.2) is 5.84 Å². The maximum Gasteiger partial charge on any atom is 0.261 e. The SMILES string of the molecule is CCC(O[Si](C)(C)C(C)(C)C)C(=O)NN. The number of carbonyl (C=O) groups excluding carboxylic acids is 1. The predicted molar refractivity (Wildman–Crippen MR) is 64.7 cm³/mol. The number of nitrogens with one attached hydrogen (secondary N) is 1. The third-order valence-electron chi connectivity index (χ3n) is 3.05. The lowest BCUT2D eigenvalue weighted by atomic mass is 10.2. The number of nitrogens with two attached hydrogens (primary N) is 1. The van der Waals surface area contributed by atoms with Gasteiger partial charge in [0.05, 0.1) is 0 Å². The van der Waals surface area contributed by atoms with E-state index in [1.165, 1.54) is 0 Å². The molecule has 1 atom stereocenters. The summed E-state index contributed by atoms with van der Waals surface area (Å²) in [6, 6.07) is 0. The quantitative estimate of drug-likeness (QED) is 0.336. The minimum Gasteiger partial charge on any atom is -0.405 e. The van der Waals surface area contributed by atoms with Crippen molar-refractivity contribution in [3.05, 3.63) is 0 Å². The Balaban J connectivity index is 4.62. The van der Waals surface area contributed by atoms with Gasteiger partial charge in [0.25, 0.3) is 5.91 Å². The van der Waals surface area contributed by atoms with Crippen LogP contribution in [0.3, 0.4) is 0 Å². The Morgan fingerprint density at radius 3 is 2.20 bits per heavy atom. The zero-order valence-electron chi connectivity index (χ0n) is 10.7. The van der Waals surface area contributed by atoms with Gasteiger partial charge in [-0.15, -0.1) is 0 Å². The molecule has 4 nitrogen and oxygen atoms in total. The summed E-state index contributed by atoms with van der Waals surface area (Å²) in [5.74, 6) is 4.88. The van der Waals surface area contributed by atoms with Gasteiger partial charge in [-0.3, -0.25) is 10.2 Å². The zero-order chi connectivity index (χ0) is 12.3. The van der Waals surface area contributed by atoms with E-state index in [2.05, 4.69) is 39.3 Å². The van der Waals surface area contributed by atoms with E-state index in [9.17, 15) is 4.79 Å². The minimum atomic E-state index is -1.88. The van der Waals surface area contributed by atoms with Gasteiger partial charge in [0.1, 0.15) is 6.10 Å². The van der Waals surface area contributed by atoms with Gasteiger partial charge < -0.3 is 4.43 Å². The maximum absolute atomic E-state index is 11.4. The van der Waals surface area contributed by atoms with E-state index >= 15 is 0 Å². The van der Waals surface area contributed by atoms with E-state index < -0.39 is 14.4 Å². The average molecular weight is 232 g/mol. The van der Waals surface area contributed by atoms with Crippen LogP contribution in [0.1, 0.15) is 34.1 Å². The van der Waals surface area contributed by atoms with Crippen molar-refractivity contribution in [1.29, 1.82) is 0 Å². The highest BCUT2D eigenvalue weighted by Gasteiger charge is 2.40. The van der Waals surface area contributed by atoms with Crippen LogP contribution in [0.4, 0.5) is 0 Å². The van der Waals surface area contributed by atoms with Crippen LogP contribution in [-0.4, -0.2) is 20.3 Å².